The first-order valence-corrected chi connectivity index (χ1v) is 12.2. The molecule has 0 spiro atoms. The highest BCUT2D eigenvalue weighted by molar-refractivity contribution is 9.10. The van der Waals surface area contributed by atoms with Gasteiger partial charge in [-0.15, -0.1) is 0 Å². The Morgan fingerprint density at radius 1 is 1.03 bits per heavy atom. The number of amides is 1. The van der Waals surface area contributed by atoms with Crippen molar-refractivity contribution in [3.8, 4) is 17.2 Å². The number of thiocarbonyl (C=S) groups is 1. The minimum absolute atomic E-state index is 0.191. The molecule has 4 aromatic carbocycles. The fourth-order valence-electron chi connectivity index (χ4n) is 3.79. The van der Waals surface area contributed by atoms with Crippen LogP contribution in [0.25, 0.3) is 33.3 Å². The molecule has 0 saturated heterocycles. The largest absolute Gasteiger partial charge is 0.494 e. The molecule has 174 valence electrons. The number of benzene rings is 4. The number of carbonyl (C=O) groups excluding carboxylic acids is 1. The van der Waals surface area contributed by atoms with E-state index >= 15 is 0 Å². The van der Waals surface area contributed by atoms with Crippen LogP contribution in [0.15, 0.2) is 87.8 Å². The molecule has 1 aromatic heterocycles. The van der Waals surface area contributed by atoms with Gasteiger partial charge in [-0.25, -0.2) is 4.98 Å². The predicted octanol–water partition coefficient (Wildman–Crippen LogP) is 6.94. The first kappa shape index (κ1) is 23.0. The van der Waals surface area contributed by atoms with Crippen LogP contribution in [-0.4, -0.2) is 22.6 Å². The van der Waals surface area contributed by atoms with Crippen molar-refractivity contribution in [2.24, 2.45) is 0 Å². The van der Waals surface area contributed by atoms with E-state index in [1.165, 1.54) is 0 Å². The van der Waals surface area contributed by atoms with Crippen LogP contribution in [0.5, 0.6) is 5.75 Å². The maximum atomic E-state index is 12.9. The summed E-state index contributed by atoms with van der Waals surface area (Å²) in [6.07, 6.45) is 0. The average Bonchev–Trinajstić information content (AvgIpc) is 3.28. The average molecular weight is 546 g/mol. The van der Waals surface area contributed by atoms with Crippen molar-refractivity contribution >= 4 is 66.7 Å². The minimum atomic E-state index is -0.286. The lowest BCUT2D eigenvalue weighted by molar-refractivity contribution is 0.0979. The van der Waals surface area contributed by atoms with Gasteiger partial charge in [-0.3, -0.25) is 10.1 Å². The molecule has 5 rings (SSSR count). The molecule has 0 fully saturated rings. The van der Waals surface area contributed by atoms with Crippen molar-refractivity contribution in [1.29, 1.82) is 0 Å². The molecule has 0 saturated carbocycles. The lowest BCUT2D eigenvalue weighted by Crippen LogP contribution is -2.34. The number of rotatable bonds is 5. The SMILES string of the molecule is CCOc1ccc(-c2nc3cc(NC(=S)NC(=O)c4cccc5c(Br)cccc45)ccc3o2)cc1. The molecule has 35 heavy (non-hydrogen) atoms. The number of fused-ring (bicyclic) bond motifs is 2. The molecule has 6 nitrogen and oxygen atoms in total. The van der Waals surface area contributed by atoms with Gasteiger partial charge >= 0.3 is 0 Å². The second kappa shape index (κ2) is 9.85. The van der Waals surface area contributed by atoms with Crippen LogP contribution in [0.2, 0.25) is 0 Å². The molecule has 1 heterocycles. The second-order valence-electron chi connectivity index (χ2n) is 7.71. The van der Waals surface area contributed by atoms with Crippen molar-refractivity contribution in [1.82, 2.24) is 10.3 Å². The molecule has 2 N–H and O–H groups in total. The van der Waals surface area contributed by atoms with Gasteiger partial charge in [0.05, 0.1) is 6.61 Å². The number of nitrogens with one attached hydrogen (secondary N) is 2. The summed E-state index contributed by atoms with van der Waals surface area (Å²) < 4.78 is 12.3. The molecule has 8 heteroatoms. The molecule has 5 aromatic rings. The molecule has 0 radical (unpaired) electrons. The maximum absolute atomic E-state index is 12.9. The summed E-state index contributed by atoms with van der Waals surface area (Å²) in [6, 6.07) is 24.4. The van der Waals surface area contributed by atoms with E-state index in [4.69, 9.17) is 21.4 Å². The van der Waals surface area contributed by atoms with E-state index < -0.39 is 0 Å². The lowest BCUT2D eigenvalue weighted by Gasteiger charge is -2.11. The zero-order valence-electron chi connectivity index (χ0n) is 18.7. The molecule has 1 amide bonds. The molecule has 0 aliphatic rings. The van der Waals surface area contributed by atoms with Gasteiger partial charge in [-0.1, -0.05) is 40.2 Å². The van der Waals surface area contributed by atoms with Crippen LogP contribution >= 0.6 is 28.1 Å². The Morgan fingerprint density at radius 3 is 2.60 bits per heavy atom. The van der Waals surface area contributed by atoms with Crippen molar-refractivity contribution in [3.63, 3.8) is 0 Å². The fraction of sp³-hybridized carbons (Fsp3) is 0.0741. The van der Waals surface area contributed by atoms with Gasteiger partial charge in [0.15, 0.2) is 10.7 Å². The number of halogens is 1. The summed E-state index contributed by atoms with van der Waals surface area (Å²) in [5, 5.41) is 7.81. The van der Waals surface area contributed by atoms with Gasteiger partial charge in [-0.2, -0.15) is 0 Å². The Hall–Kier alpha value is -3.75. The van der Waals surface area contributed by atoms with E-state index in [1.807, 2.05) is 79.7 Å². The van der Waals surface area contributed by atoms with Crippen LogP contribution in [-0.2, 0) is 0 Å². The summed E-state index contributed by atoms with van der Waals surface area (Å²) in [4.78, 5) is 17.5. The van der Waals surface area contributed by atoms with E-state index in [9.17, 15) is 4.79 Å². The summed E-state index contributed by atoms with van der Waals surface area (Å²) >= 11 is 8.92. The molecule has 0 aliphatic carbocycles. The third-order valence-electron chi connectivity index (χ3n) is 5.40. The topological polar surface area (TPSA) is 76.4 Å². The van der Waals surface area contributed by atoms with Gasteiger partial charge in [0.2, 0.25) is 5.89 Å². The number of ether oxygens (including phenoxy) is 1. The lowest BCUT2D eigenvalue weighted by atomic mass is 10.0. The molecule has 0 bridgehead atoms. The molecular formula is C27H20BrN3O3S. The van der Waals surface area contributed by atoms with Gasteiger partial charge < -0.3 is 14.5 Å². The van der Waals surface area contributed by atoms with E-state index in [-0.39, 0.29) is 11.0 Å². The van der Waals surface area contributed by atoms with Gasteiger partial charge in [0.1, 0.15) is 11.3 Å². The quantitative estimate of drug-likeness (QED) is 0.233. The Labute approximate surface area is 215 Å². The highest BCUT2D eigenvalue weighted by Crippen LogP contribution is 2.28. The molecule has 0 unspecified atom stereocenters. The van der Waals surface area contributed by atoms with Crippen molar-refractivity contribution < 1.29 is 13.9 Å². The van der Waals surface area contributed by atoms with Crippen LogP contribution in [0.4, 0.5) is 5.69 Å². The first-order valence-electron chi connectivity index (χ1n) is 11.0. The minimum Gasteiger partial charge on any atom is -0.494 e. The third kappa shape index (κ3) is 4.89. The van der Waals surface area contributed by atoms with Crippen LogP contribution < -0.4 is 15.4 Å². The Morgan fingerprint density at radius 2 is 1.80 bits per heavy atom. The van der Waals surface area contributed by atoms with Gasteiger partial charge in [-0.05, 0) is 84.5 Å². The molecular weight excluding hydrogens is 526 g/mol. The van der Waals surface area contributed by atoms with E-state index in [2.05, 4.69) is 31.5 Å². The van der Waals surface area contributed by atoms with Crippen LogP contribution in [0.1, 0.15) is 17.3 Å². The van der Waals surface area contributed by atoms with Crippen LogP contribution in [0, 0.1) is 0 Å². The highest BCUT2D eigenvalue weighted by atomic mass is 79.9. The number of hydrogen-bond donors (Lipinski definition) is 2. The molecule has 0 aliphatic heterocycles. The summed E-state index contributed by atoms with van der Waals surface area (Å²) in [7, 11) is 0. The number of oxazole rings is 1. The zero-order valence-corrected chi connectivity index (χ0v) is 21.1. The number of aromatic nitrogens is 1. The summed E-state index contributed by atoms with van der Waals surface area (Å²) in [5.74, 6) is 1.02. The van der Waals surface area contributed by atoms with E-state index in [0.717, 1.165) is 26.6 Å². The number of nitrogens with zero attached hydrogens (tertiary/aromatic N) is 1. The Kier molecular flexibility index (Phi) is 6.48. The van der Waals surface area contributed by atoms with Crippen LogP contribution in [0.3, 0.4) is 0 Å². The smallest absolute Gasteiger partial charge is 0.258 e. The Balaban J connectivity index is 1.31. The van der Waals surface area contributed by atoms with E-state index in [0.29, 0.717) is 34.8 Å². The Bertz CT molecular complexity index is 1560. The maximum Gasteiger partial charge on any atom is 0.258 e. The van der Waals surface area contributed by atoms with Crippen molar-refractivity contribution in [2.45, 2.75) is 6.92 Å². The molecule has 0 atom stereocenters. The third-order valence-corrected chi connectivity index (χ3v) is 6.29. The number of carbonyl (C=O) groups is 1. The van der Waals surface area contributed by atoms with Gasteiger partial charge in [0, 0.05) is 21.3 Å². The van der Waals surface area contributed by atoms with Gasteiger partial charge in [0.25, 0.3) is 5.91 Å². The summed E-state index contributed by atoms with van der Waals surface area (Å²) in [5.41, 5.74) is 3.40. The zero-order chi connectivity index (χ0) is 24.4. The van der Waals surface area contributed by atoms with E-state index in [1.54, 1.807) is 6.07 Å². The van der Waals surface area contributed by atoms with Crippen molar-refractivity contribution in [2.75, 3.05) is 11.9 Å². The monoisotopic (exact) mass is 545 g/mol. The second-order valence-corrected chi connectivity index (χ2v) is 8.97. The number of anilines is 1. The normalized spacial score (nSPS) is 10.9. The first-order chi connectivity index (χ1) is 17.0. The number of hydrogen-bond acceptors (Lipinski definition) is 5. The summed E-state index contributed by atoms with van der Waals surface area (Å²) in [6.45, 7) is 2.56. The van der Waals surface area contributed by atoms with Crippen molar-refractivity contribution in [3.05, 3.63) is 88.9 Å². The standard InChI is InChI=1S/C27H20BrN3O3S/c1-2-33-18-12-9-16(10-13-18)26-30-23-15-17(11-14-24(23)34-26)29-27(35)31-25(32)21-7-3-6-20-19(21)5-4-8-22(20)28/h3-15H,2H2,1H3,(H2,29,31,32,35). The fourth-order valence-corrected chi connectivity index (χ4v) is 4.50. The predicted molar refractivity (Wildman–Crippen MR) is 146 cm³/mol. The highest BCUT2D eigenvalue weighted by Gasteiger charge is 2.14.